The van der Waals surface area contributed by atoms with E-state index in [0.29, 0.717) is 34.6 Å². The van der Waals surface area contributed by atoms with Crippen molar-refractivity contribution in [3.8, 4) is 23.0 Å². The summed E-state index contributed by atoms with van der Waals surface area (Å²) in [5.74, 6) is -0.308. The van der Waals surface area contributed by atoms with Crippen molar-refractivity contribution in [1.29, 1.82) is 0 Å². The smallest absolute Gasteiger partial charge is 0.266 e. The Labute approximate surface area is 178 Å². The summed E-state index contributed by atoms with van der Waals surface area (Å²) in [6, 6.07) is 8.17. The lowest BCUT2D eigenvalue weighted by molar-refractivity contribution is -0.123. The number of benzene rings is 2. The molecule has 0 bridgehead atoms. The molecule has 1 aliphatic heterocycles. The van der Waals surface area contributed by atoms with Gasteiger partial charge in [0.15, 0.2) is 23.1 Å². The maximum Gasteiger partial charge on any atom is 0.266 e. The predicted octanol–water partition coefficient (Wildman–Crippen LogP) is 3.49. The minimum Gasteiger partial charge on any atom is -0.493 e. The van der Waals surface area contributed by atoms with Crippen molar-refractivity contribution in [3.05, 3.63) is 48.4 Å². The van der Waals surface area contributed by atoms with E-state index in [1.165, 1.54) is 32.5 Å². The average Bonchev–Trinajstić information content (AvgIpc) is 3.21. The van der Waals surface area contributed by atoms with Gasteiger partial charge in [0.05, 0.1) is 24.6 Å². The van der Waals surface area contributed by atoms with E-state index in [9.17, 15) is 17.6 Å². The molecule has 2 heterocycles. The SMILES string of the molecule is COc1cc2nccc(Oc3ccc(S(=O)(=O)N4CCCC4=O)cc3F)c2cc1OC. The van der Waals surface area contributed by atoms with Crippen LogP contribution in [0.2, 0.25) is 0 Å². The number of carbonyl (C=O) groups is 1. The van der Waals surface area contributed by atoms with E-state index in [4.69, 9.17) is 14.2 Å². The molecule has 1 amide bonds. The second-order valence-corrected chi connectivity index (χ2v) is 8.66. The fraction of sp³-hybridized carbons (Fsp3) is 0.238. The Morgan fingerprint density at radius 2 is 1.74 bits per heavy atom. The first-order valence-electron chi connectivity index (χ1n) is 9.39. The predicted molar refractivity (Wildman–Crippen MR) is 109 cm³/mol. The van der Waals surface area contributed by atoms with Crippen molar-refractivity contribution in [1.82, 2.24) is 9.29 Å². The highest BCUT2D eigenvalue weighted by atomic mass is 32.2. The third-order valence-electron chi connectivity index (χ3n) is 4.95. The normalized spacial score (nSPS) is 14.2. The van der Waals surface area contributed by atoms with Crippen LogP contribution in [-0.4, -0.2) is 44.4 Å². The summed E-state index contributed by atoms with van der Waals surface area (Å²) in [5, 5.41) is 0.555. The van der Waals surface area contributed by atoms with Crippen LogP contribution in [-0.2, 0) is 14.8 Å². The number of sulfonamides is 1. The number of methoxy groups -OCH3 is 2. The van der Waals surface area contributed by atoms with Gasteiger partial charge in [-0.1, -0.05) is 0 Å². The first-order chi connectivity index (χ1) is 14.8. The Morgan fingerprint density at radius 1 is 1.00 bits per heavy atom. The number of carbonyl (C=O) groups excluding carboxylic acids is 1. The quantitative estimate of drug-likeness (QED) is 0.572. The number of aromatic nitrogens is 1. The topological polar surface area (TPSA) is 95.0 Å². The standard InChI is InChI=1S/C21H19FN2O6S/c1-28-19-11-14-16(12-20(19)29-2)23-8-7-17(14)30-18-6-5-13(10-15(18)22)31(26,27)24-9-3-4-21(24)25/h5-8,10-12H,3-4,9H2,1-2H3. The van der Waals surface area contributed by atoms with Crippen molar-refractivity contribution < 1.29 is 31.8 Å². The monoisotopic (exact) mass is 446 g/mol. The molecule has 8 nitrogen and oxygen atoms in total. The molecule has 1 aliphatic rings. The van der Waals surface area contributed by atoms with Crippen LogP contribution in [0.1, 0.15) is 12.8 Å². The van der Waals surface area contributed by atoms with Gasteiger partial charge >= 0.3 is 0 Å². The molecule has 2 aromatic carbocycles. The third kappa shape index (κ3) is 3.74. The number of pyridine rings is 1. The van der Waals surface area contributed by atoms with Gasteiger partial charge in [-0.15, -0.1) is 0 Å². The van der Waals surface area contributed by atoms with Crippen LogP contribution in [0, 0.1) is 5.82 Å². The molecule has 4 rings (SSSR count). The number of nitrogens with zero attached hydrogens (tertiary/aromatic N) is 2. The van der Waals surface area contributed by atoms with Gasteiger partial charge in [0.25, 0.3) is 10.0 Å². The lowest BCUT2D eigenvalue weighted by atomic mass is 10.2. The van der Waals surface area contributed by atoms with Crippen LogP contribution >= 0.6 is 0 Å². The van der Waals surface area contributed by atoms with Crippen LogP contribution in [0.4, 0.5) is 4.39 Å². The highest BCUT2D eigenvalue weighted by Gasteiger charge is 2.33. The van der Waals surface area contributed by atoms with Crippen LogP contribution in [0.15, 0.2) is 47.5 Å². The van der Waals surface area contributed by atoms with E-state index in [0.717, 1.165) is 10.4 Å². The fourth-order valence-corrected chi connectivity index (χ4v) is 4.86. The zero-order chi connectivity index (χ0) is 22.2. The summed E-state index contributed by atoms with van der Waals surface area (Å²) in [7, 11) is -1.11. The summed E-state index contributed by atoms with van der Waals surface area (Å²) < 4.78 is 57.1. The molecule has 1 saturated heterocycles. The van der Waals surface area contributed by atoms with E-state index >= 15 is 0 Å². The van der Waals surface area contributed by atoms with Gasteiger partial charge in [0.2, 0.25) is 5.91 Å². The zero-order valence-electron chi connectivity index (χ0n) is 16.8. The summed E-state index contributed by atoms with van der Waals surface area (Å²) in [6.45, 7) is 0.0926. The van der Waals surface area contributed by atoms with Crippen LogP contribution < -0.4 is 14.2 Å². The number of hydrogen-bond donors (Lipinski definition) is 0. The van der Waals surface area contributed by atoms with Crippen molar-refractivity contribution in [2.24, 2.45) is 0 Å². The van der Waals surface area contributed by atoms with Gasteiger partial charge in [0.1, 0.15) is 5.75 Å². The van der Waals surface area contributed by atoms with E-state index in [2.05, 4.69) is 4.98 Å². The van der Waals surface area contributed by atoms with Crippen molar-refractivity contribution in [2.45, 2.75) is 17.7 Å². The van der Waals surface area contributed by atoms with Gasteiger partial charge in [-0.05, 0) is 36.8 Å². The lowest BCUT2D eigenvalue weighted by Crippen LogP contribution is -2.31. The molecule has 0 saturated carbocycles. The summed E-state index contributed by atoms with van der Waals surface area (Å²) >= 11 is 0. The number of rotatable bonds is 6. The number of ether oxygens (including phenoxy) is 3. The molecule has 0 unspecified atom stereocenters. The van der Waals surface area contributed by atoms with Gasteiger partial charge in [-0.3, -0.25) is 9.78 Å². The first kappa shape index (κ1) is 20.9. The molecule has 10 heteroatoms. The Morgan fingerprint density at radius 3 is 2.39 bits per heavy atom. The third-order valence-corrected chi connectivity index (χ3v) is 6.76. The molecule has 162 valence electrons. The van der Waals surface area contributed by atoms with Crippen LogP contribution in [0.5, 0.6) is 23.0 Å². The van der Waals surface area contributed by atoms with E-state index in [1.807, 2.05) is 0 Å². The molecule has 1 aromatic heterocycles. The molecule has 31 heavy (non-hydrogen) atoms. The summed E-state index contributed by atoms with van der Waals surface area (Å²) in [6.07, 6.45) is 2.11. The molecule has 0 radical (unpaired) electrons. The van der Waals surface area contributed by atoms with Gasteiger partial charge in [-0.2, -0.15) is 0 Å². The van der Waals surface area contributed by atoms with Gasteiger partial charge < -0.3 is 14.2 Å². The van der Waals surface area contributed by atoms with Crippen molar-refractivity contribution in [3.63, 3.8) is 0 Å². The van der Waals surface area contributed by atoms with E-state index in [1.54, 1.807) is 18.2 Å². The van der Waals surface area contributed by atoms with Crippen LogP contribution in [0.3, 0.4) is 0 Å². The maximum absolute atomic E-state index is 14.8. The summed E-state index contributed by atoms with van der Waals surface area (Å²) in [5.41, 5.74) is 0.544. The second kappa shape index (κ2) is 8.03. The van der Waals surface area contributed by atoms with Crippen molar-refractivity contribution >= 4 is 26.8 Å². The maximum atomic E-state index is 14.8. The minimum atomic E-state index is -4.10. The molecule has 1 fully saturated rings. The second-order valence-electron chi connectivity index (χ2n) is 6.80. The van der Waals surface area contributed by atoms with Crippen molar-refractivity contribution in [2.75, 3.05) is 20.8 Å². The van der Waals surface area contributed by atoms with E-state index < -0.39 is 21.7 Å². The Bertz CT molecular complexity index is 1280. The highest BCUT2D eigenvalue weighted by molar-refractivity contribution is 7.89. The molecular formula is C21H19FN2O6S. The van der Waals surface area contributed by atoms with Gasteiger partial charge in [0, 0.05) is 30.6 Å². The average molecular weight is 446 g/mol. The Balaban J connectivity index is 1.69. The molecule has 0 spiro atoms. The van der Waals surface area contributed by atoms with Gasteiger partial charge in [-0.25, -0.2) is 17.1 Å². The number of amides is 1. The molecular weight excluding hydrogens is 427 g/mol. The number of hydrogen-bond acceptors (Lipinski definition) is 7. The Kier molecular flexibility index (Phi) is 5.40. The highest BCUT2D eigenvalue weighted by Crippen LogP contribution is 2.37. The minimum absolute atomic E-state index is 0.0926. The Hall–Kier alpha value is -3.40. The molecule has 3 aromatic rings. The zero-order valence-corrected chi connectivity index (χ0v) is 17.6. The molecule has 0 aliphatic carbocycles. The largest absolute Gasteiger partial charge is 0.493 e. The van der Waals surface area contributed by atoms with Crippen LogP contribution in [0.25, 0.3) is 10.9 Å². The molecule has 0 N–H and O–H groups in total. The summed E-state index contributed by atoms with van der Waals surface area (Å²) in [4.78, 5) is 15.8. The lowest BCUT2D eigenvalue weighted by Gasteiger charge is -2.17. The fourth-order valence-electron chi connectivity index (χ4n) is 3.38. The number of fused-ring (bicyclic) bond motifs is 1. The number of halogens is 1. The molecule has 0 atom stereocenters. The van der Waals surface area contributed by atoms with E-state index in [-0.39, 0.29) is 23.6 Å². The first-order valence-corrected chi connectivity index (χ1v) is 10.8.